The van der Waals surface area contributed by atoms with E-state index >= 15 is 0 Å². The van der Waals surface area contributed by atoms with Crippen LogP contribution in [0.15, 0.2) is 28.7 Å². The first-order valence-electron chi connectivity index (χ1n) is 3.85. The molecule has 0 aliphatic carbocycles. The number of hydrogen-bond acceptors (Lipinski definition) is 3. The first-order valence-corrected chi connectivity index (χ1v) is 4.64. The third kappa shape index (κ3) is 3.41. The predicted octanol–water partition coefficient (Wildman–Crippen LogP) is 1.10. The normalized spacial score (nSPS) is 18.2. The molecule has 0 spiro atoms. The molecule has 1 unspecified atom stereocenters. The molecule has 1 saturated heterocycles. The van der Waals surface area contributed by atoms with E-state index in [4.69, 9.17) is 9.47 Å². The number of carbonyl (C=O) groups excluding carboxylic acids is 1. The summed E-state index contributed by atoms with van der Waals surface area (Å²) in [7, 11) is 0. The van der Waals surface area contributed by atoms with Gasteiger partial charge in [-0.25, -0.2) is 4.79 Å². The monoisotopic (exact) mass is 282 g/mol. The van der Waals surface area contributed by atoms with Gasteiger partial charge in [0.05, 0.1) is 11.1 Å². The molecule has 2 rings (SSSR count). The number of rotatable bonds is 2. The molecule has 1 aliphatic rings. The molecule has 1 aromatic rings. The Bertz CT molecular complexity index is 339. The second-order valence-corrected chi connectivity index (χ2v) is 3.53. The number of epoxide rings is 1. The molecule has 3 nitrogen and oxygen atoms in total. The van der Waals surface area contributed by atoms with Crippen molar-refractivity contribution in [1.29, 1.82) is 0 Å². The van der Waals surface area contributed by atoms with Gasteiger partial charge in [-0.2, -0.15) is 0 Å². The fraction of sp³-hybridized carbons (Fsp3) is 0.222. The zero-order chi connectivity index (χ0) is 9.26. The summed E-state index contributed by atoms with van der Waals surface area (Å²) in [6.07, 6.45) is -0.355. The molecule has 0 bridgehead atoms. The van der Waals surface area contributed by atoms with Gasteiger partial charge < -0.3 is 9.47 Å². The molecule has 1 aliphatic heterocycles. The average Bonchev–Trinajstić information content (AvgIpc) is 2.91. The molecule has 0 radical (unpaired) electrons. The number of carbonyl (C=O) groups is 1. The van der Waals surface area contributed by atoms with E-state index in [1.165, 1.54) is 0 Å². The summed E-state index contributed by atoms with van der Waals surface area (Å²) >= 11 is 3.28. The molecule has 0 N–H and O–H groups in total. The first kappa shape index (κ1) is 12.8. The number of hydrogen-bond donors (Lipinski definition) is 0. The maximum absolute atomic E-state index is 11.2. The third-order valence-electron chi connectivity index (χ3n) is 1.64. The van der Waals surface area contributed by atoms with Crippen molar-refractivity contribution in [1.82, 2.24) is 0 Å². The van der Waals surface area contributed by atoms with Gasteiger partial charge in [-0.05, 0) is 28.1 Å². The van der Waals surface area contributed by atoms with Gasteiger partial charge in [0.25, 0.3) is 0 Å². The van der Waals surface area contributed by atoms with E-state index < -0.39 is 0 Å². The zero-order valence-electron chi connectivity index (χ0n) is 6.70. The van der Waals surface area contributed by atoms with E-state index in [1.807, 2.05) is 12.1 Å². The Balaban J connectivity index is 0.000000980. The molecule has 0 saturated carbocycles. The van der Waals surface area contributed by atoms with E-state index in [9.17, 15) is 4.79 Å². The summed E-state index contributed by atoms with van der Waals surface area (Å²) in [5.74, 6) is 0.204. The molecule has 1 aromatic carbocycles. The van der Waals surface area contributed by atoms with Gasteiger partial charge in [0.2, 0.25) is 0 Å². The summed E-state index contributed by atoms with van der Waals surface area (Å²) in [4.78, 5) is 11.2. The van der Waals surface area contributed by atoms with Crippen molar-refractivity contribution < 1.29 is 14.3 Å². The van der Waals surface area contributed by atoms with Crippen molar-refractivity contribution in [2.24, 2.45) is 0 Å². The van der Waals surface area contributed by atoms with Crippen molar-refractivity contribution in [3.63, 3.8) is 0 Å². The maximum atomic E-state index is 11.2. The molecular formula is C9H8BrKO3. The minimum absolute atomic E-state index is 0. The molecule has 0 aromatic heterocycles. The number of para-hydroxylation sites is 1. The van der Waals surface area contributed by atoms with E-state index in [1.54, 1.807) is 12.1 Å². The SMILES string of the molecule is O=C(Oc1ccccc1Br)C1CO1.[KH]. The van der Waals surface area contributed by atoms with Crippen molar-refractivity contribution >= 4 is 73.3 Å². The van der Waals surface area contributed by atoms with Crippen molar-refractivity contribution in [3.8, 4) is 5.75 Å². The quantitative estimate of drug-likeness (QED) is 0.353. The Morgan fingerprint density at radius 1 is 1.50 bits per heavy atom. The number of ether oxygens (including phenoxy) is 2. The molecule has 1 fully saturated rings. The van der Waals surface area contributed by atoms with Gasteiger partial charge in [-0.3, -0.25) is 0 Å². The van der Waals surface area contributed by atoms with Crippen LogP contribution in [0.25, 0.3) is 0 Å². The van der Waals surface area contributed by atoms with Crippen LogP contribution in [0.1, 0.15) is 0 Å². The summed E-state index contributed by atoms with van der Waals surface area (Å²) in [6, 6.07) is 7.21. The Kier molecular flexibility index (Phi) is 5.26. The minimum atomic E-state index is -0.355. The van der Waals surface area contributed by atoms with Crippen LogP contribution in [0.5, 0.6) is 5.75 Å². The van der Waals surface area contributed by atoms with Gasteiger partial charge in [-0.1, -0.05) is 12.1 Å². The van der Waals surface area contributed by atoms with E-state index in [2.05, 4.69) is 15.9 Å². The summed E-state index contributed by atoms with van der Waals surface area (Å²) in [5.41, 5.74) is 0. The average molecular weight is 283 g/mol. The van der Waals surface area contributed by atoms with Gasteiger partial charge in [0.15, 0.2) is 6.10 Å². The topological polar surface area (TPSA) is 38.8 Å². The molecular weight excluding hydrogens is 275 g/mol. The summed E-state index contributed by atoms with van der Waals surface area (Å²) < 4.78 is 10.6. The van der Waals surface area contributed by atoms with E-state index in [0.717, 1.165) is 4.47 Å². The number of esters is 1. The summed E-state index contributed by atoms with van der Waals surface area (Å²) in [5, 5.41) is 0. The zero-order valence-corrected chi connectivity index (χ0v) is 8.28. The van der Waals surface area contributed by atoms with Gasteiger partial charge in [0.1, 0.15) is 5.75 Å². The van der Waals surface area contributed by atoms with Crippen LogP contribution in [-0.4, -0.2) is 70.1 Å². The van der Waals surface area contributed by atoms with Crippen molar-refractivity contribution in [2.75, 3.05) is 6.61 Å². The van der Waals surface area contributed by atoms with E-state index in [0.29, 0.717) is 12.4 Å². The number of benzene rings is 1. The van der Waals surface area contributed by atoms with Crippen LogP contribution >= 0.6 is 15.9 Å². The van der Waals surface area contributed by atoms with Crippen LogP contribution in [0.4, 0.5) is 0 Å². The van der Waals surface area contributed by atoms with Crippen molar-refractivity contribution in [2.45, 2.75) is 6.10 Å². The van der Waals surface area contributed by atoms with Gasteiger partial charge >= 0.3 is 57.4 Å². The molecule has 1 heterocycles. The predicted molar refractivity (Wildman–Crippen MR) is 56.7 cm³/mol. The molecule has 1 atom stereocenters. The molecule has 70 valence electrons. The van der Waals surface area contributed by atoms with Crippen LogP contribution in [0.2, 0.25) is 0 Å². The Hall–Kier alpha value is 0.766. The van der Waals surface area contributed by atoms with Crippen LogP contribution in [0, 0.1) is 0 Å². The van der Waals surface area contributed by atoms with Crippen LogP contribution < -0.4 is 4.74 Å². The fourth-order valence-electron chi connectivity index (χ4n) is 0.886. The van der Waals surface area contributed by atoms with Gasteiger partial charge in [0, 0.05) is 0 Å². The van der Waals surface area contributed by atoms with Crippen LogP contribution in [0.3, 0.4) is 0 Å². The third-order valence-corrected chi connectivity index (χ3v) is 2.30. The number of halogens is 1. The van der Waals surface area contributed by atoms with Crippen molar-refractivity contribution in [3.05, 3.63) is 28.7 Å². The second-order valence-electron chi connectivity index (χ2n) is 2.67. The standard InChI is InChI=1S/C9H7BrO3.K.H/c10-6-3-1-2-4-7(6)13-9(11)8-5-12-8;;/h1-4,8H,5H2;;. The Morgan fingerprint density at radius 2 is 2.14 bits per heavy atom. The fourth-order valence-corrected chi connectivity index (χ4v) is 1.25. The molecule has 5 heteroatoms. The van der Waals surface area contributed by atoms with Crippen LogP contribution in [-0.2, 0) is 9.53 Å². The molecule has 0 amide bonds. The Labute approximate surface area is 133 Å². The van der Waals surface area contributed by atoms with E-state index in [-0.39, 0.29) is 63.5 Å². The van der Waals surface area contributed by atoms with Gasteiger partial charge in [-0.15, -0.1) is 0 Å². The first-order chi connectivity index (χ1) is 6.27. The Morgan fingerprint density at radius 3 is 2.71 bits per heavy atom. The second kappa shape index (κ2) is 5.74. The summed E-state index contributed by atoms with van der Waals surface area (Å²) in [6.45, 7) is 0.475. The molecule has 14 heavy (non-hydrogen) atoms.